The van der Waals surface area contributed by atoms with E-state index in [0.717, 1.165) is 83.5 Å². The van der Waals surface area contributed by atoms with Gasteiger partial charge in [-0.25, -0.2) is 0 Å². The average molecular weight is 751 g/mol. The van der Waals surface area contributed by atoms with Crippen LogP contribution in [0.25, 0.3) is 0 Å². The summed E-state index contributed by atoms with van der Waals surface area (Å²) < 4.78 is 17.2. The Morgan fingerprint density at radius 3 is 1.39 bits per heavy atom. The van der Waals surface area contributed by atoms with E-state index in [2.05, 4.69) is 99.8 Å². The van der Waals surface area contributed by atoms with Gasteiger partial charge in [-0.05, 0) is 77.0 Å². The van der Waals surface area contributed by atoms with Crippen molar-refractivity contribution in [1.29, 1.82) is 0 Å². The molecule has 0 aromatic rings. The Bertz CT molecular complexity index is 1030. The summed E-state index contributed by atoms with van der Waals surface area (Å²) in [5.41, 5.74) is 0. The summed E-state index contributed by atoms with van der Waals surface area (Å²) in [6, 6.07) is 0. The van der Waals surface area contributed by atoms with Gasteiger partial charge >= 0.3 is 11.9 Å². The van der Waals surface area contributed by atoms with Crippen LogP contribution in [0, 0.1) is 0 Å². The molecule has 1 atom stereocenters. The smallest absolute Gasteiger partial charge is 0.306 e. The molecule has 0 bridgehead atoms. The van der Waals surface area contributed by atoms with Crippen molar-refractivity contribution in [2.24, 2.45) is 0 Å². The highest BCUT2D eigenvalue weighted by atomic mass is 16.6. The van der Waals surface area contributed by atoms with Gasteiger partial charge in [0.25, 0.3) is 0 Å². The van der Waals surface area contributed by atoms with Gasteiger partial charge in [-0.3, -0.25) is 9.59 Å². The van der Waals surface area contributed by atoms with Crippen molar-refractivity contribution < 1.29 is 23.8 Å². The molecule has 0 rings (SSSR count). The Morgan fingerprint density at radius 1 is 0.426 bits per heavy atom. The van der Waals surface area contributed by atoms with Crippen molar-refractivity contribution in [2.75, 3.05) is 19.8 Å². The number of hydrogen-bond acceptors (Lipinski definition) is 5. The van der Waals surface area contributed by atoms with E-state index >= 15 is 0 Å². The van der Waals surface area contributed by atoms with Crippen LogP contribution in [0.4, 0.5) is 0 Å². The Kier molecular flexibility index (Phi) is 42.1. The second-order valence-corrected chi connectivity index (χ2v) is 14.2. The summed E-state index contributed by atoms with van der Waals surface area (Å²) in [5, 5.41) is 0. The molecule has 0 heterocycles. The van der Waals surface area contributed by atoms with Gasteiger partial charge in [0, 0.05) is 19.4 Å². The highest BCUT2D eigenvalue weighted by Gasteiger charge is 2.17. The van der Waals surface area contributed by atoms with E-state index < -0.39 is 6.10 Å². The zero-order valence-electron chi connectivity index (χ0n) is 35.2. The molecular formula is C49H82O5. The first-order valence-electron chi connectivity index (χ1n) is 22.1. The SMILES string of the molecule is CC/C=C\C/C=C\C/C=C\C/C=C\CCC(=O)OCC(COCCCCCCCCCCCCCC)OC(=O)CCCCC/C=C\C/C=C\C/C=C\CC. The third-order valence-electron chi connectivity index (χ3n) is 8.94. The van der Waals surface area contributed by atoms with Gasteiger partial charge in [0.2, 0.25) is 0 Å². The monoisotopic (exact) mass is 751 g/mol. The summed E-state index contributed by atoms with van der Waals surface area (Å²) >= 11 is 0. The first-order chi connectivity index (χ1) is 26.6. The Balaban J connectivity index is 4.42. The molecule has 0 aromatic heterocycles. The number of ether oxygens (including phenoxy) is 3. The van der Waals surface area contributed by atoms with Gasteiger partial charge in [-0.2, -0.15) is 0 Å². The van der Waals surface area contributed by atoms with Crippen molar-refractivity contribution in [1.82, 2.24) is 0 Å². The maximum atomic E-state index is 12.7. The maximum absolute atomic E-state index is 12.7. The van der Waals surface area contributed by atoms with Crippen LogP contribution in [-0.2, 0) is 23.8 Å². The lowest BCUT2D eigenvalue weighted by Gasteiger charge is -2.18. The first kappa shape index (κ1) is 51.1. The lowest BCUT2D eigenvalue weighted by molar-refractivity contribution is -0.162. The fourth-order valence-corrected chi connectivity index (χ4v) is 5.71. The first-order valence-corrected chi connectivity index (χ1v) is 22.1. The molecule has 0 amide bonds. The molecule has 0 fully saturated rings. The van der Waals surface area contributed by atoms with Crippen molar-refractivity contribution in [2.45, 2.75) is 194 Å². The molecule has 0 saturated heterocycles. The largest absolute Gasteiger partial charge is 0.462 e. The zero-order valence-corrected chi connectivity index (χ0v) is 35.2. The van der Waals surface area contributed by atoms with Crippen molar-refractivity contribution >= 4 is 11.9 Å². The predicted octanol–water partition coefficient (Wildman–Crippen LogP) is 14.6. The number of unbranched alkanes of at least 4 members (excludes halogenated alkanes) is 14. The highest BCUT2D eigenvalue weighted by Crippen LogP contribution is 2.13. The summed E-state index contributed by atoms with van der Waals surface area (Å²) in [5.74, 6) is -0.529. The number of carbonyl (C=O) groups excluding carboxylic acids is 2. The van der Waals surface area contributed by atoms with Gasteiger partial charge < -0.3 is 14.2 Å². The van der Waals surface area contributed by atoms with Crippen LogP contribution >= 0.6 is 0 Å². The number of rotatable bonds is 39. The van der Waals surface area contributed by atoms with E-state index in [1.165, 1.54) is 64.2 Å². The molecule has 5 heteroatoms. The van der Waals surface area contributed by atoms with Crippen molar-refractivity contribution in [3.63, 3.8) is 0 Å². The molecule has 0 spiro atoms. The summed E-state index contributed by atoms with van der Waals surface area (Å²) in [6.45, 7) is 7.47. The minimum absolute atomic E-state index is 0.0331. The van der Waals surface area contributed by atoms with Crippen LogP contribution < -0.4 is 0 Å². The molecule has 0 aliphatic carbocycles. The molecule has 5 nitrogen and oxygen atoms in total. The molecule has 54 heavy (non-hydrogen) atoms. The lowest BCUT2D eigenvalue weighted by Crippen LogP contribution is -2.30. The van der Waals surface area contributed by atoms with E-state index in [9.17, 15) is 9.59 Å². The minimum Gasteiger partial charge on any atom is -0.462 e. The predicted molar refractivity (Wildman–Crippen MR) is 233 cm³/mol. The molecule has 0 aromatic carbocycles. The minimum atomic E-state index is -0.579. The van der Waals surface area contributed by atoms with E-state index in [1.807, 2.05) is 6.08 Å². The fraction of sp³-hybridized carbons (Fsp3) is 0.673. The van der Waals surface area contributed by atoms with E-state index in [0.29, 0.717) is 25.9 Å². The molecular weight excluding hydrogens is 669 g/mol. The van der Waals surface area contributed by atoms with Gasteiger partial charge in [0.15, 0.2) is 6.10 Å². The second-order valence-electron chi connectivity index (χ2n) is 14.2. The van der Waals surface area contributed by atoms with Crippen LogP contribution in [0.3, 0.4) is 0 Å². The molecule has 0 aliphatic heterocycles. The van der Waals surface area contributed by atoms with E-state index in [1.54, 1.807) is 0 Å². The van der Waals surface area contributed by atoms with Gasteiger partial charge in [-0.1, -0.05) is 183 Å². The third kappa shape index (κ3) is 41.8. The lowest BCUT2D eigenvalue weighted by atomic mass is 10.1. The molecule has 0 N–H and O–H groups in total. The number of allylic oxidation sites excluding steroid dienone is 14. The van der Waals surface area contributed by atoms with Crippen LogP contribution in [0.1, 0.15) is 188 Å². The van der Waals surface area contributed by atoms with Gasteiger partial charge in [-0.15, -0.1) is 0 Å². The van der Waals surface area contributed by atoms with Gasteiger partial charge in [0.1, 0.15) is 6.61 Å². The standard InChI is InChI=1S/C49H82O5/c1-4-7-10-13-16-19-22-25-27-30-33-36-39-42-48(50)53-46-47(45-52-44-41-38-35-32-29-24-21-18-15-12-9-6-3)54-49(51)43-40-37-34-31-28-26-23-20-17-14-11-8-5-2/h7-8,10-11,16-17,19-20,25-28,33,36,47H,4-6,9,12-15,18,21-24,29-32,34-35,37-46H2,1-3H3/b10-7-,11-8-,19-16-,20-17-,27-25-,28-26-,36-33-. The van der Waals surface area contributed by atoms with Crippen molar-refractivity contribution in [3.05, 3.63) is 85.1 Å². The summed E-state index contributed by atoms with van der Waals surface area (Å²) in [6.07, 6.45) is 57.4. The zero-order chi connectivity index (χ0) is 39.3. The Labute approximate surface area is 333 Å². The highest BCUT2D eigenvalue weighted by molar-refractivity contribution is 5.70. The van der Waals surface area contributed by atoms with E-state index in [-0.39, 0.29) is 25.2 Å². The number of hydrogen-bond donors (Lipinski definition) is 0. The Hall–Kier alpha value is -2.92. The molecule has 308 valence electrons. The van der Waals surface area contributed by atoms with Crippen LogP contribution in [0.5, 0.6) is 0 Å². The Morgan fingerprint density at radius 2 is 0.870 bits per heavy atom. The van der Waals surface area contributed by atoms with Crippen LogP contribution in [0.2, 0.25) is 0 Å². The number of esters is 2. The third-order valence-corrected chi connectivity index (χ3v) is 8.94. The molecule has 1 unspecified atom stereocenters. The normalized spacial score (nSPS) is 13.0. The summed E-state index contributed by atoms with van der Waals surface area (Å²) in [4.78, 5) is 25.2. The summed E-state index contributed by atoms with van der Waals surface area (Å²) in [7, 11) is 0. The fourth-order valence-electron chi connectivity index (χ4n) is 5.71. The maximum Gasteiger partial charge on any atom is 0.306 e. The van der Waals surface area contributed by atoms with Crippen molar-refractivity contribution in [3.8, 4) is 0 Å². The number of carbonyl (C=O) groups is 2. The molecule has 0 aliphatic rings. The molecule has 0 radical (unpaired) electrons. The topological polar surface area (TPSA) is 61.8 Å². The van der Waals surface area contributed by atoms with Crippen LogP contribution in [-0.4, -0.2) is 37.9 Å². The molecule has 0 saturated carbocycles. The van der Waals surface area contributed by atoms with Crippen LogP contribution in [0.15, 0.2) is 85.1 Å². The average Bonchev–Trinajstić information content (AvgIpc) is 3.17. The van der Waals surface area contributed by atoms with Gasteiger partial charge in [0.05, 0.1) is 6.61 Å². The second kappa shape index (κ2) is 44.5. The van der Waals surface area contributed by atoms with E-state index in [4.69, 9.17) is 14.2 Å². The quantitative estimate of drug-likeness (QED) is 0.0356.